The molecule has 2 aromatic carbocycles. The minimum Gasteiger partial charge on any atom is -0.497 e. The maximum absolute atomic E-state index is 12.7. The van der Waals surface area contributed by atoms with Crippen LogP contribution >= 0.6 is 15.9 Å². The number of amides is 1. The number of ether oxygens (including phenoxy) is 3. The second kappa shape index (κ2) is 8.06. The standard InChI is InChI=1S/C18H20BrNO4/c1-20(11-12-5-7-14(22-2)8-6-12)18(21)13-9-15(23-3)17(19)16(10-13)24-4/h5-10H,11H2,1-4H3. The van der Waals surface area contributed by atoms with Crippen LogP contribution in [0.25, 0.3) is 0 Å². The van der Waals surface area contributed by atoms with Gasteiger partial charge in [-0.05, 0) is 45.8 Å². The van der Waals surface area contributed by atoms with E-state index in [1.165, 1.54) is 0 Å². The van der Waals surface area contributed by atoms with Gasteiger partial charge in [-0.15, -0.1) is 0 Å². The van der Waals surface area contributed by atoms with Crippen LogP contribution in [0.15, 0.2) is 40.9 Å². The van der Waals surface area contributed by atoms with Crippen molar-refractivity contribution in [2.24, 2.45) is 0 Å². The fraction of sp³-hybridized carbons (Fsp3) is 0.278. The Morgan fingerprint density at radius 3 is 2.00 bits per heavy atom. The molecule has 0 radical (unpaired) electrons. The topological polar surface area (TPSA) is 48.0 Å². The van der Waals surface area contributed by atoms with Gasteiger partial charge in [-0.3, -0.25) is 4.79 Å². The molecule has 0 heterocycles. The summed E-state index contributed by atoms with van der Waals surface area (Å²) in [5, 5.41) is 0. The molecule has 0 aliphatic heterocycles. The maximum atomic E-state index is 12.7. The van der Waals surface area contributed by atoms with Crippen molar-refractivity contribution >= 4 is 21.8 Å². The first kappa shape index (κ1) is 18.1. The van der Waals surface area contributed by atoms with E-state index in [9.17, 15) is 4.79 Å². The quantitative estimate of drug-likeness (QED) is 0.749. The predicted molar refractivity (Wildman–Crippen MR) is 96.0 cm³/mol. The van der Waals surface area contributed by atoms with Crippen LogP contribution in [-0.4, -0.2) is 39.2 Å². The minimum absolute atomic E-state index is 0.116. The molecule has 128 valence electrons. The van der Waals surface area contributed by atoms with Crippen LogP contribution in [0.1, 0.15) is 15.9 Å². The van der Waals surface area contributed by atoms with E-state index < -0.39 is 0 Å². The highest BCUT2D eigenvalue weighted by Gasteiger charge is 2.17. The maximum Gasteiger partial charge on any atom is 0.254 e. The summed E-state index contributed by atoms with van der Waals surface area (Å²) >= 11 is 3.40. The average molecular weight is 394 g/mol. The molecule has 0 atom stereocenters. The second-order valence-electron chi connectivity index (χ2n) is 5.20. The molecule has 0 aliphatic rings. The van der Waals surface area contributed by atoms with Gasteiger partial charge >= 0.3 is 0 Å². The van der Waals surface area contributed by atoms with E-state index in [1.54, 1.807) is 45.4 Å². The molecular formula is C18H20BrNO4. The number of hydrogen-bond donors (Lipinski definition) is 0. The smallest absolute Gasteiger partial charge is 0.254 e. The fourth-order valence-corrected chi connectivity index (χ4v) is 2.84. The first-order valence-electron chi connectivity index (χ1n) is 7.30. The van der Waals surface area contributed by atoms with E-state index in [1.807, 2.05) is 24.3 Å². The summed E-state index contributed by atoms with van der Waals surface area (Å²) in [6, 6.07) is 11.0. The minimum atomic E-state index is -0.116. The summed E-state index contributed by atoms with van der Waals surface area (Å²) in [5.74, 6) is 1.77. The van der Waals surface area contributed by atoms with Crippen LogP contribution in [0.4, 0.5) is 0 Å². The molecular weight excluding hydrogens is 374 g/mol. The van der Waals surface area contributed by atoms with Crippen LogP contribution < -0.4 is 14.2 Å². The van der Waals surface area contributed by atoms with Crippen molar-refractivity contribution in [1.29, 1.82) is 0 Å². The van der Waals surface area contributed by atoms with Crippen molar-refractivity contribution in [2.75, 3.05) is 28.4 Å². The van der Waals surface area contributed by atoms with Gasteiger partial charge in [0.15, 0.2) is 0 Å². The number of carbonyl (C=O) groups excluding carboxylic acids is 1. The second-order valence-corrected chi connectivity index (χ2v) is 6.00. The third-order valence-corrected chi connectivity index (χ3v) is 4.40. The highest BCUT2D eigenvalue weighted by atomic mass is 79.9. The van der Waals surface area contributed by atoms with Gasteiger partial charge in [0.1, 0.15) is 21.7 Å². The highest BCUT2D eigenvalue weighted by Crippen LogP contribution is 2.36. The number of carbonyl (C=O) groups is 1. The molecule has 5 nitrogen and oxygen atoms in total. The molecule has 0 saturated carbocycles. The van der Waals surface area contributed by atoms with Crippen molar-refractivity contribution in [1.82, 2.24) is 4.90 Å². The van der Waals surface area contributed by atoms with Crippen LogP contribution in [0.2, 0.25) is 0 Å². The molecule has 1 amide bonds. The number of halogens is 1. The molecule has 0 fully saturated rings. The number of benzene rings is 2. The van der Waals surface area contributed by atoms with Crippen LogP contribution in [0, 0.1) is 0 Å². The summed E-state index contributed by atoms with van der Waals surface area (Å²) in [6.07, 6.45) is 0. The lowest BCUT2D eigenvalue weighted by Gasteiger charge is -2.19. The normalized spacial score (nSPS) is 10.2. The average Bonchev–Trinajstić information content (AvgIpc) is 2.61. The van der Waals surface area contributed by atoms with Crippen molar-refractivity contribution < 1.29 is 19.0 Å². The molecule has 2 rings (SSSR count). The van der Waals surface area contributed by atoms with Crippen molar-refractivity contribution in [3.8, 4) is 17.2 Å². The molecule has 2 aromatic rings. The molecule has 0 aliphatic carbocycles. The Morgan fingerprint density at radius 2 is 1.54 bits per heavy atom. The van der Waals surface area contributed by atoms with Crippen LogP contribution in [0.5, 0.6) is 17.2 Å². The van der Waals surface area contributed by atoms with E-state index >= 15 is 0 Å². The first-order valence-corrected chi connectivity index (χ1v) is 8.09. The molecule has 0 bridgehead atoms. The van der Waals surface area contributed by atoms with Crippen molar-refractivity contribution in [3.63, 3.8) is 0 Å². The van der Waals surface area contributed by atoms with Crippen LogP contribution in [-0.2, 0) is 6.54 Å². The first-order chi connectivity index (χ1) is 11.5. The number of nitrogens with zero attached hydrogens (tertiary/aromatic N) is 1. The van der Waals surface area contributed by atoms with Crippen molar-refractivity contribution in [3.05, 3.63) is 52.0 Å². The van der Waals surface area contributed by atoms with Gasteiger partial charge in [-0.2, -0.15) is 0 Å². The molecule has 6 heteroatoms. The summed E-state index contributed by atoms with van der Waals surface area (Å²) in [4.78, 5) is 14.3. The Labute approximate surface area is 150 Å². The fourth-order valence-electron chi connectivity index (χ4n) is 2.29. The Kier molecular flexibility index (Phi) is 6.09. The van der Waals surface area contributed by atoms with Gasteiger partial charge in [0.05, 0.1) is 21.3 Å². The molecule has 24 heavy (non-hydrogen) atoms. The SMILES string of the molecule is COc1ccc(CN(C)C(=O)c2cc(OC)c(Br)c(OC)c2)cc1. The van der Waals surface area contributed by atoms with Gasteiger partial charge in [0, 0.05) is 19.2 Å². The molecule has 0 N–H and O–H groups in total. The summed E-state index contributed by atoms with van der Waals surface area (Å²) in [5.41, 5.74) is 1.52. The third kappa shape index (κ3) is 4.00. The summed E-state index contributed by atoms with van der Waals surface area (Å²) in [7, 11) is 6.48. The largest absolute Gasteiger partial charge is 0.497 e. The van der Waals surface area contributed by atoms with Crippen molar-refractivity contribution in [2.45, 2.75) is 6.54 Å². The highest BCUT2D eigenvalue weighted by molar-refractivity contribution is 9.10. The Balaban J connectivity index is 2.20. The molecule has 0 unspecified atom stereocenters. The molecule has 0 spiro atoms. The molecule has 0 aromatic heterocycles. The van der Waals surface area contributed by atoms with Gasteiger partial charge in [-0.1, -0.05) is 12.1 Å². The summed E-state index contributed by atoms with van der Waals surface area (Å²) < 4.78 is 16.4. The molecule has 0 saturated heterocycles. The Hall–Kier alpha value is -2.21. The Bertz CT molecular complexity index is 690. The monoisotopic (exact) mass is 393 g/mol. The number of hydrogen-bond acceptors (Lipinski definition) is 4. The zero-order valence-electron chi connectivity index (χ0n) is 14.1. The van der Waals surface area contributed by atoms with E-state index in [4.69, 9.17) is 14.2 Å². The number of methoxy groups -OCH3 is 3. The third-order valence-electron chi connectivity index (χ3n) is 3.62. The van der Waals surface area contributed by atoms with Gasteiger partial charge in [0.2, 0.25) is 0 Å². The lowest BCUT2D eigenvalue weighted by Crippen LogP contribution is -2.26. The zero-order valence-corrected chi connectivity index (χ0v) is 15.7. The van der Waals surface area contributed by atoms with Gasteiger partial charge < -0.3 is 19.1 Å². The lowest BCUT2D eigenvalue weighted by atomic mass is 10.1. The Morgan fingerprint density at radius 1 is 1.00 bits per heavy atom. The van der Waals surface area contributed by atoms with E-state index in [0.717, 1.165) is 11.3 Å². The zero-order chi connectivity index (χ0) is 17.7. The van der Waals surface area contributed by atoms with E-state index in [-0.39, 0.29) is 5.91 Å². The summed E-state index contributed by atoms with van der Waals surface area (Å²) in [6.45, 7) is 0.490. The van der Waals surface area contributed by atoms with Gasteiger partial charge in [0.25, 0.3) is 5.91 Å². The lowest BCUT2D eigenvalue weighted by molar-refractivity contribution is 0.0784. The predicted octanol–water partition coefficient (Wildman–Crippen LogP) is 3.75. The van der Waals surface area contributed by atoms with Crippen LogP contribution in [0.3, 0.4) is 0 Å². The van der Waals surface area contributed by atoms with E-state index in [2.05, 4.69) is 15.9 Å². The van der Waals surface area contributed by atoms with Gasteiger partial charge in [-0.25, -0.2) is 0 Å². The van der Waals surface area contributed by atoms with E-state index in [0.29, 0.717) is 28.1 Å². The number of rotatable bonds is 6.